The average Bonchev–Trinajstić information content (AvgIpc) is 2.45. The number of hydrogen-bond acceptors (Lipinski definition) is 3. The van der Waals surface area contributed by atoms with Crippen LogP contribution in [0.2, 0.25) is 0 Å². The SMILES string of the molecule is Cc1cc(C(N)=S)cc(NC(C)CCc2ccccc2)n1. The molecule has 0 spiro atoms. The fraction of sp³-hybridized carbons (Fsp3) is 0.294. The molecule has 0 aliphatic carbocycles. The van der Waals surface area contributed by atoms with E-state index in [1.165, 1.54) is 5.56 Å². The normalized spacial score (nSPS) is 11.9. The third-order valence-electron chi connectivity index (χ3n) is 3.34. The Labute approximate surface area is 131 Å². The van der Waals surface area contributed by atoms with E-state index in [4.69, 9.17) is 18.0 Å². The van der Waals surface area contributed by atoms with Gasteiger partial charge >= 0.3 is 0 Å². The molecular weight excluding hydrogens is 278 g/mol. The van der Waals surface area contributed by atoms with Crippen LogP contribution in [0.3, 0.4) is 0 Å². The molecule has 4 heteroatoms. The Balaban J connectivity index is 1.96. The lowest BCUT2D eigenvalue weighted by Gasteiger charge is -2.15. The van der Waals surface area contributed by atoms with Crippen molar-refractivity contribution >= 4 is 23.0 Å². The second-order valence-electron chi connectivity index (χ2n) is 5.32. The first kappa shape index (κ1) is 15.4. The van der Waals surface area contributed by atoms with Crippen LogP contribution in [0.25, 0.3) is 0 Å². The van der Waals surface area contributed by atoms with E-state index < -0.39 is 0 Å². The van der Waals surface area contributed by atoms with Crippen molar-refractivity contribution in [1.82, 2.24) is 4.98 Å². The minimum Gasteiger partial charge on any atom is -0.389 e. The summed E-state index contributed by atoms with van der Waals surface area (Å²) in [6.07, 6.45) is 2.09. The highest BCUT2D eigenvalue weighted by Crippen LogP contribution is 2.13. The highest BCUT2D eigenvalue weighted by molar-refractivity contribution is 7.80. The topological polar surface area (TPSA) is 50.9 Å². The van der Waals surface area contributed by atoms with Gasteiger partial charge in [0.2, 0.25) is 0 Å². The Hall–Kier alpha value is -1.94. The summed E-state index contributed by atoms with van der Waals surface area (Å²) >= 11 is 5.03. The number of thiocarbonyl (C=S) groups is 1. The first-order valence-corrected chi connectivity index (χ1v) is 7.54. The molecule has 110 valence electrons. The maximum absolute atomic E-state index is 5.69. The van der Waals surface area contributed by atoms with Crippen LogP contribution in [0.5, 0.6) is 0 Å². The zero-order valence-corrected chi connectivity index (χ0v) is 13.3. The van der Waals surface area contributed by atoms with Gasteiger partial charge in [0.25, 0.3) is 0 Å². The van der Waals surface area contributed by atoms with Gasteiger partial charge in [0.05, 0.1) is 0 Å². The molecule has 2 rings (SSSR count). The monoisotopic (exact) mass is 299 g/mol. The minimum atomic E-state index is 0.332. The van der Waals surface area contributed by atoms with E-state index in [2.05, 4.69) is 41.5 Å². The summed E-state index contributed by atoms with van der Waals surface area (Å²) in [5.41, 5.74) is 8.82. The van der Waals surface area contributed by atoms with Crippen LogP contribution in [0.15, 0.2) is 42.5 Å². The molecule has 1 atom stereocenters. The van der Waals surface area contributed by atoms with Crippen molar-refractivity contribution in [3.8, 4) is 0 Å². The van der Waals surface area contributed by atoms with Crippen LogP contribution in [-0.4, -0.2) is 16.0 Å². The summed E-state index contributed by atoms with van der Waals surface area (Å²) in [7, 11) is 0. The molecule has 0 bridgehead atoms. The van der Waals surface area contributed by atoms with Gasteiger partial charge in [-0.2, -0.15) is 0 Å². The van der Waals surface area contributed by atoms with E-state index in [0.29, 0.717) is 11.0 Å². The highest BCUT2D eigenvalue weighted by Gasteiger charge is 2.06. The van der Waals surface area contributed by atoms with Crippen LogP contribution in [0.4, 0.5) is 5.82 Å². The van der Waals surface area contributed by atoms with Gasteiger partial charge in [-0.1, -0.05) is 42.5 Å². The lowest BCUT2D eigenvalue weighted by Crippen LogP contribution is -2.18. The summed E-state index contributed by atoms with van der Waals surface area (Å²) < 4.78 is 0. The number of anilines is 1. The number of aromatic nitrogens is 1. The van der Waals surface area contributed by atoms with E-state index in [-0.39, 0.29) is 0 Å². The van der Waals surface area contributed by atoms with Crippen LogP contribution >= 0.6 is 12.2 Å². The molecule has 3 nitrogen and oxygen atoms in total. The molecule has 0 fully saturated rings. The Kier molecular flexibility index (Phi) is 5.28. The Morgan fingerprint density at radius 1 is 1.29 bits per heavy atom. The fourth-order valence-corrected chi connectivity index (χ4v) is 2.36. The Morgan fingerprint density at radius 3 is 2.67 bits per heavy atom. The van der Waals surface area contributed by atoms with Crippen molar-refractivity contribution < 1.29 is 0 Å². The van der Waals surface area contributed by atoms with Gasteiger partial charge < -0.3 is 11.1 Å². The molecule has 2 aromatic rings. The predicted octanol–water partition coefficient (Wildman–Crippen LogP) is 3.46. The summed E-state index contributed by atoms with van der Waals surface area (Å²) in [5.74, 6) is 0.832. The summed E-state index contributed by atoms with van der Waals surface area (Å²) in [6.45, 7) is 4.11. The van der Waals surface area contributed by atoms with Gasteiger partial charge in [0, 0.05) is 17.3 Å². The molecule has 1 unspecified atom stereocenters. The van der Waals surface area contributed by atoms with Crippen molar-refractivity contribution in [3.05, 3.63) is 59.3 Å². The summed E-state index contributed by atoms with van der Waals surface area (Å²) in [4.78, 5) is 4.89. The third kappa shape index (κ3) is 4.83. The maximum Gasteiger partial charge on any atom is 0.127 e. The molecule has 0 radical (unpaired) electrons. The van der Waals surface area contributed by atoms with Crippen molar-refractivity contribution in [2.24, 2.45) is 5.73 Å². The number of nitrogens with two attached hydrogens (primary N) is 1. The van der Waals surface area contributed by atoms with Gasteiger partial charge in [0.15, 0.2) is 0 Å². The van der Waals surface area contributed by atoms with Crippen LogP contribution in [0.1, 0.15) is 30.2 Å². The molecule has 1 aromatic heterocycles. The van der Waals surface area contributed by atoms with Gasteiger partial charge in [0.1, 0.15) is 10.8 Å². The zero-order chi connectivity index (χ0) is 15.2. The molecular formula is C17H21N3S. The van der Waals surface area contributed by atoms with E-state index in [1.807, 2.05) is 25.1 Å². The molecule has 0 amide bonds. The standard InChI is InChI=1S/C17H21N3S/c1-12(8-9-14-6-4-3-5-7-14)19-16-11-15(17(18)21)10-13(2)20-16/h3-7,10-12H,8-9H2,1-2H3,(H2,18,21)(H,19,20). The number of rotatable bonds is 6. The Morgan fingerprint density at radius 2 is 2.00 bits per heavy atom. The number of nitrogens with one attached hydrogen (secondary N) is 1. The molecule has 1 heterocycles. The molecule has 0 saturated carbocycles. The van der Waals surface area contributed by atoms with E-state index in [0.717, 1.165) is 29.9 Å². The number of nitrogens with zero attached hydrogens (tertiary/aromatic N) is 1. The van der Waals surface area contributed by atoms with Gasteiger partial charge in [-0.3, -0.25) is 0 Å². The molecule has 0 aliphatic rings. The van der Waals surface area contributed by atoms with Crippen LogP contribution < -0.4 is 11.1 Å². The summed E-state index contributed by atoms with van der Waals surface area (Å²) in [5, 5.41) is 3.42. The summed E-state index contributed by atoms with van der Waals surface area (Å²) in [6, 6.07) is 14.6. The van der Waals surface area contributed by atoms with Crippen molar-refractivity contribution in [2.75, 3.05) is 5.32 Å². The van der Waals surface area contributed by atoms with Gasteiger partial charge in [-0.15, -0.1) is 0 Å². The van der Waals surface area contributed by atoms with E-state index >= 15 is 0 Å². The maximum atomic E-state index is 5.69. The van der Waals surface area contributed by atoms with Crippen molar-refractivity contribution in [3.63, 3.8) is 0 Å². The van der Waals surface area contributed by atoms with E-state index in [1.54, 1.807) is 0 Å². The van der Waals surface area contributed by atoms with E-state index in [9.17, 15) is 0 Å². The smallest absolute Gasteiger partial charge is 0.127 e. The molecule has 0 saturated heterocycles. The largest absolute Gasteiger partial charge is 0.389 e. The average molecular weight is 299 g/mol. The second-order valence-corrected chi connectivity index (χ2v) is 5.76. The highest BCUT2D eigenvalue weighted by atomic mass is 32.1. The third-order valence-corrected chi connectivity index (χ3v) is 3.58. The minimum absolute atomic E-state index is 0.332. The van der Waals surface area contributed by atoms with Crippen molar-refractivity contribution in [1.29, 1.82) is 0 Å². The molecule has 0 aliphatic heterocycles. The quantitative estimate of drug-likeness (QED) is 0.802. The number of pyridine rings is 1. The number of hydrogen-bond donors (Lipinski definition) is 2. The molecule has 3 N–H and O–H groups in total. The van der Waals surface area contributed by atoms with Crippen LogP contribution in [-0.2, 0) is 6.42 Å². The lowest BCUT2D eigenvalue weighted by molar-refractivity contribution is 0.702. The Bertz CT molecular complexity index is 611. The number of benzene rings is 1. The first-order valence-electron chi connectivity index (χ1n) is 7.13. The molecule has 1 aromatic carbocycles. The van der Waals surface area contributed by atoms with Gasteiger partial charge in [-0.25, -0.2) is 4.98 Å². The second kappa shape index (κ2) is 7.18. The number of aryl methyl sites for hydroxylation is 2. The van der Waals surface area contributed by atoms with Gasteiger partial charge in [-0.05, 0) is 44.4 Å². The van der Waals surface area contributed by atoms with Crippen LogP contribution in [0, 0.1) is 6.92 Å². The first-order chi connectivity index (χ1) is 10.0. The predicted molar refractivity (Wildman–Crippen MR) is 92.7 cm³/mol. The molecule has 21 heavy (non-hydrogen) atoms. The zero-order valence-electron chi connectivity index (χ0n) is 12.5. The van der Waals surface area contributed by atoms with Crippen molar-refractivity contribution in [2.45, 2.75) is 32.7 Å². The fourth-order valence-electron chi connectivity index (χ4n) is 2.24. The lowest BCUT2D eigenvalue weighted by atomic mass is 10.1.